The zero-order valence-electron chi connectivity index (χ0n) is 11.7. The SMILES string of the molecule is Cn1nnc2c(C(=O)Nc3cccc(C#N)c3F)ncn2c1=O. The predicted molar refractivity (Wildman–Crippen MR) is 75.1 cm³/mol. The summed E-state index contributed by atoms with van der Waals surface area (Å²) in [6, 6.07) is 5.69. The van der Waals surface area contributed by atoms with Crippen LogP contribution in [0.2, 0.25) is 0 Å². The standard InChI is InChI=1S/C13H8FN7O2/c1-20-13(23)21-6-16-10(11(21)18-19-20)12(22)17-8-4-2-3-7(5-15)9(8)14/h2-4,6H,1H3,(H,17,22). The fraction of sp³-hybridized carbons (Fsp3) is 0.0769. The molecule has 1 N–H and O–H groups in total. The number of benzene rings is 1. The van der Waals surface area contributed by atoms with Gasteiger partial charge in [-0.2, -0.15) is 9.94 Å². The minimum atomic E-state index is -0.853. The first kappa shape index (κ1) is 14.3. The number of carbonyl (C=O) groups excluding carboxylic acids is 1. The molecule has 0 bridgehead atoms. The van der Waals surface area contributed by atoms with Crippen molar-refractivity contribution in [3.05, 3.63) is 52.1 Å². The number of hydrogen-bond donors (Lipinski definition) is 1. The molecule has 0 radical (unpaired) electrons. The van der Waals surface area contributed by atoms with Gasteiger partial charge in [0.2, 0.25) is 0 Å². The van der Waals surface area contributed by atoms with Crippen LogP contribution in [0.4, 0.5) is 10.1 Å². The largest absolute Gasteiger partial charge is 0.352 e. The molecule has 0 unspecified atom stereocenters. The minimum absolute atomic E-state index is 0.0533. The van der Waals surface area contributed by atoms with Gasteiger partial charge in [-0.25, -0.2) is 18.6 Å². The fourth-order valence-corrected chi connectivity index (χ4v) is 1.94. The van der Waals surface area contributed by atoms with Crippen LogP contribution in [0.5, 0.6) is 0 Å². The van der Waals surface area contributed by atoms with Gasteiger partial charge in [0.1, 0.15) is 12.4 Å². The number of anilines is 1. The van der Waals surface area contributed by atoms with E-state index in [1.807, 2.05) is 0 Å². The Kier molecular flexibility index (Phi) is 3.30. The molecular formula is C13H8FN7O2. The molecule has 10 heteroatoms. The molecule has 9 nitrogen and oxygen atoms in total. The molecule has 0 atom stereocenters. The summed E-state index contributed by atoms with van der Waals surface area (Å²) in [5.41, 5.74) is -1.14. The van der Waals surface area contributed by atoms with Crippen molar-refractivity contribution in [2.75, 3.05) is 5.32 Å². The lowest BCUT2D eigenvalue weighted by Gasteiger charge is -2.05. The molecule has 0 aliphatic rings. The molecule has 0 saturated carbocycles. The Balaban J connectivity index is 2.01. The molecular weight excluding hydrogens is 305 g/mol. The molecule has 3 aromatic rings. The van der Waals surface area contributed by atoms with Crippen LogP contribution in [-0.4, -0.2) is 30.3 Å². The number of hydrogen-bond acceptors (Lipinski definition) is 6. The maximum absolute atomic E-state index is 14.0. The van der Waals surface area contributed by atoms with Crippen molar-refractivity contribution in [3.63, 3.8) is 0 Å². The molecule has 0 spiro atoms. The molecule has 114 valence electrons. The average molecular weight is 313 g/mol. The Hall–Kier alpha value is -3.61. The van der Waals surface area contributed by atoms with E-state index >= 15 is 0 Å². The monoisotopic (exact) mass is 313 g/mol. The second-order valence-electron chi connectivity index (χ2n) is 4.52. The number of rotatable bonds is 2. The summed E-state index contributed by atoms with van der Waals surface area (Å²) in [6.45, 7) is 0. The third-order valence-electron chi connectivity index (χ3n) is 3.08. The number of aromatic nitrogens is 5. The number of aryl methyl sites for hydroxylation is 1. The summed E-state index contributed by atoms with van der Waals surface area (Å²) < 4.78 is 16.0. The quantitative estimate of drug-likeness (QED) is 0.716. The lowest BCUT2D eigenvalue weighted by molar-refractivity contribution is 0.102. The number of nitriles is 1. The third kappa shape index (κ3) is 2.30. The van der Waals surface area contributed by atoms with E-state index in [0.717, 1.165) is 15.4 Å². The fourth-order valence-electron chi connectivity index (χ4n) is 1.94. The lowest BCUT2D eigenvalue weighted by Crippen LogP contribution is -2.27. The Morgan fingerprint density at radius 1 is 1.43 bits per heavy atom. The van der Waals surface area contributed by atoms with Gasteiger partial charge >= 0.3 is 5.69 Å². The van der Waals surface area contributed by atoms with E-state index in [0.29, 0.717) is 0 Å². The Labute approximate surface area is 127 Å². The van der Waals surface area contributed by atoms with Gasteiger partial charge in [0.05, 0.1) is 11.3 Å². The van der Waals surface area contributed by atoms with Crippen molar-refractivity contribution in [3.8, 4) is 6.07 Å². The molecule has 2 aromatic heterocycles. The highest BCUT2D eigenvalue weighted by Gasteiger charge is 2.19. The van der Waals surface area contributed by atoms with Crippen LogP contribution < -0.4 is 11.0 Å². The summed E-state index contributed by atoms with van der Waals surface area (Å²) in [5.74, 6) is -1.63. The Morgan fingerprint density at radius 2 is 2.22 bits per heavy atom. The van der Waals surface area contributed by atoms with Crippen LogP contribution >= 0.6 is 0 Å². The molecule has 0 aliphatic carbocycles. The molecule has 0 fully saturated rings. The first-order valence-electron chi connectivity index (χ1n) is 6.30. The summed E-state index contributed by atoms with van der Waals surface area (Å²) in [6.07, 6.45) is 1.13. The molecule has 0 aliphatic heterocycles. The number of imidazole rings is 1. The van der Waals surface area contributed by atoms with Gasteiger partial charge in [0, 0.05) is 7.05 Å². The van der Waals surface area contributed by atoms with E-state index < -0.39 is 17.4 Å². The molecule has 2 heterocycles. The van der Waals surface area contributed by atoms with Gasteiger partial charge in [0.25, 0.3) is 5.91 Å². The van der Waals surface area contributed by atoms with Crippen molar-refractivity contribution < 1.29 is 9.18 Å². The minimum Gasteiger partial charge on any atom is -0.318 e. The topological polar surface area (TPSA) is 118 Å². The molecule has 23 heavy (non-hydrogen) atoms. The number of halogens is 1. The van der Waals surface area contributed by atoms with E-state index in [-0.39, 0.29) is 22.6 Å². The highest BCUT2D eigenvalue weighted by atomic mass is 19.1. The first-order chi connectivity index (χ1) is 11.0. The van der Waals surface area contributed by atoms with Crippen LogP contribution in [0.1, 0.15) is 16.1 Å². The van der Waals surface area contributed by atoms with E-state index in [9.17, 15) is 14.0 Å². The summed E-state index contributed by atoms with van der Waals surface area (Å²) >= 11 is 0. The van der Waals surface area contributed by atoms with E-state index in [1.165, 1.54) is 25.2 Å². The zero-order valence-corrected chi connectivity index (χ0v) is 11.7. The normalized spacial score (nSPS) is 10.5. The molecule has 1 amide bonds. The Morgan fingerprint density at radius 3 is 2.96 bits per heavy atom. The maximum atomic E-state index is 14.0. The van der Waals surface area contributed by atoms with Gasteiger partial charge in [-0.15, -0.1) is 5.10 Å². The lowest BCUT2D eigenvalue weighted by atomic mass is 10.2. The van der Waals surface area contributed by atoms with Gasteiger partial charge in [-0.3, -0.25) is 4.79 Å². The maximum Gasteiger partial charge on any atom is 0.352 e. The molecule has 3 rings (SSSR count). The van der Waals surface area contributed by atoms with Crippen molar-refractivity contribution in [2.45, 2.75) is 0 Å². The van der Waals surface area contributed by atoms with Crippen molar-refractivity contribution >= 4 is 17.2 Å². The summed E-state index contributed by atoms with van der Waals surface area (Å²) in [5, 5.41) is 18.4. The van der Waals surface area contributed by atoms with Crippen molar-refractivity contribution in [1.29, 1.82) is 5.26 Å². The zero-order chi connectivity index (χ0) is 16.6. The number of fused-ring (bicyclic) bond motifs is 1. The number of nitrogens with one attached hydrogen (secondary N) is 1. The van der Waals surface area contributed by atoms with Crippen LogP contribution in [0.25, 0.3) is 5.65 Å². The van der Waals surface area contributed by atoms with Gasteiger partial charge in [0.15, 0.2) is 17.2 Å². The number of amides is 1. The second kappa shape index (κ2) is 5.30. The molecule has 1 aromatic carbocycles. The van der Waals surface area contributed by atoms with Crippen LogP contribution in [-0.2, 0) is 7.05 Å². The predicted octanol–water partition coefficient (Wildman–Crippen LogP) is 0.0861. The number of carbonyl (C=O) groups is 1. The van der Waals surface area contributed by atoms with E-state index in [4.69, 9.17) is 5.26 Å². The highest BCUT2D eigenvalue weighted by molar-refractivity contribution is 6.06. The summed E-state index contributed by atoms with van der Waals surface area (Å²) in [4.78, 5) is 27.9. The highest BCUT2D eigenvalue weighted by Crippen LogP contribution is 2.18. The third-order valence-corrected chi connectivity index (χ3v) is 3.08. The van der Waals surface area contributed by atoms with Gasteiger partial charge in [-0.05, 0) is 12.1 Å². The smallest absolute Gasteiger partial charge is 0.318 e. The van der Waals surface area contributed by atoms with Crippen molar-refractivity contribution in [2.24, 2.45) is 7.05 Å². The van der Waals surface area contributed by atoms with Crippen LogP contribution in [0, 0.1) is 17.1 Å². The summed E-state index contributed by atoms with van der Waals surface area (Å²) in [7, 11) is 1.40. The molecule has 0 saturated heterocycles. The Bertz CT molecular complexity index is 1030. The van der Waals surface area contributed by atoms with E-state index in [2.05, 4.69) is 20.6 Å². The van der Waals surface area contributed by atoms with Crippen LogP contribution in [0.15, 0.2) is 29.3 Å². The van der Waals surface area contributed by atoms with Crippen LogP contribution in [0.3, 0.4) is 0 Å². The second-order valence-corrected chi connectivity index (χ2v) is 4.52. The van der Waals surface area contributed by atoms with Crippen molar-refractivity contribution in [1.82, 2.24) is 24.4 Å². The first-order valence-corrected chi connectivity index (χ1v) is 6.30. The van der Waals surface area contributed by atoms with Gasteiger partial charge in [-0.1, -0.05) is 11.3 Å². The van der Waals surface area contributed by atoms with Gasteiger partial charge < -0.3 is 5.32 Å². The average Bonchev–Trinajstić information content (AvgIpc) is 2.97. The van der Waals surface area contributed by atoms with E-state index in [1.54, 1.807) is 6.07 Å². The number of nitrogens with zero attached hydrogens (tertiary/aromatic N) is 6.